The first-order chi connectivity index (χ1) is 10.8. The number of carbonyl (C=O) groups is 1. The lowest BCUT2D eigenvalue weighted by molar-refractivity contribution is 0.0635. The van der Waals surface area contributed by atoms with Gasteiger partial charge >= 0.3 is 0 Å². The van der Waals surface area contributed by atoms with E-state index in [9.17, 15) is 18.0 Å². The number of nitrogens with zero attached hydrogens (tertiary/aromatic N) is 2. The zero-order valence-electron chi connectivity index (χ0n) is 13.8. The number of amides is 1. The zero-order valence-corrected chi connectivity index (χ0v) is 13.8. The van der Waals surface area contributed by atoms with Crippen molar-refractivity contribution < 1.29 is 18.0 Å². The SMILES string of the molecule is CC(C)[C@@H](CN1CCCC1)N(C)C(=O)c1cc(F)cc(F)c1F. The first kappa shape index (κ1) is 17.8. The largest absolute Gasteiger partial charge is 0.337 e. The van der Waals surface area contributed by atoms with Crippen LogP contribution in [0.4, 0.5) is 13.2 Å². The fourth-order valence-corrected chi connectivity index (χ4v) is 3.06. The second-order valence-electron chi connectivity index (χ2n) is 6.48. The number of likely N-dealkylation sites (tertiary alicyclic amines) is 1. The third-order valence-electron chi connectivity index (χ3n) is 4.45. The van der Waals surface area contributed by atoms with Crippen LogP contribution < -0.4 is 0 Å². The van der Waals surface area contributed by atoms with E-state index in [2.05, 4.69) is 4.90 Å². The maximum absolute atomic E-state index is 13.9. The molecule has 0 spiro atoms. The Kier molecular flexibility index (Phi) is 5.68. The number of hydrogen-bond acceptors (Lipinski definition) is 2. The van der Waals surface area contributed by atoms with Gasteiger partial charge in [-0.1, -0.05) is 13.8 Å². The summed E-state index contributed by atoms with van der Waals surface area (Å²) in [4.78, 5) is 16.2. The van der Waals surface area contributed by atoms with Gasteiger partial charge in [-0.05, 0) is 37.9 Å². The van der Waals surface area contributed by atoms with Crippen LogP contribution in [0.15, 0.2) is 12.1 Å². The van der Waals surface area contributed by atoms with Crippen LogP contribution in [0, 0.1) is 23.4 Å². The van der Waals surface area contributed by atoms with Crippen molar-refractivity contribution in [1.82, 2.24) is 9.80 Å². The Labute approximate surface area is 135 Å². The molecule has 0 saturated carbocycles. The van der Waals surface area contributed by atoms with Crippen LogP contribution in [-0.2, 0) is 0 Å². The van der Waals surface area contributed by atoms with Crippen molar-refractivity contribution in [3.05, 3.63) is 35.1 Å². The summed E-state index contributed by atoms with van der Waals surface area (Å²) in [6.07, 6.45) is 2.26. The first-order valence-corrected chi connectivity index (χ1v) is 7.95. The number of hydrogen-bond donors (Lipinski definition) is 0. The monoisotopic (exact) mass is 328 g/mol. The van der Waals surface area contributed by atoms with E-state index in [1.54, 1.807) is 7.05 Å². The molecule has 1 atom stereocenters. The summed E-state index contributed by atoms with van der Waals surface area (Å²) in [6.45, 7) is 6.60. The number of carbonyl (C=O) groups excluding carboxylic acids is 1. The predicted octanol–water partition coefficient (Wildman–Crippen LogP) is 3.30. The molecule has 6 heteroatoms. The van der Waals surface area contributed by atoms with Crippen LogP contribution >= 0.6 is 0 Å². The fourth-order valence-electron chi connectivity index (χ4n) is 3.06. The molecule has 23 heavy (non-hydrogen) atoms. The van der Waals surface area contributed by atoms with Crippen LogP contribution in [0.5, 0.6) is 0 Å². The zero-order chi connectivity index (χ0) is 17.1. The summed E-state index contributed by atoms with van der Waals surface area (Å²) < 4.78 is 40.6. The van der Waals surface area contributed by atoms with E-state index in [4.69, 9.17) is 0 Å². The van der Waals surface area contributed by atoms with Crippen LogP contribution in [0.3, 0.4) is 0 Å². The average Bonchev–Trinajstić information content (AvgIpc) is 3.00. The number of benzene rings is 1. The fraction of sp³-hybridized carbons (Fsp3) is 0.588. The molecule has 0 N–H and O–H groups in total. The molecule has 2 rings (SSSR count). The second kappa shape index (κ2) is 7.34. The lowest BCUT2D eigenvalue weighted by atomic mass is 10.0. The third kappa shape index (κ3) is 4.05. The highest BCUT2D eigenvalue weighted by Gasteiger charge is 2.29. The van der Waals surface area contributed by atoms with Gasteiger partial charge < -0.3 is 9.80 Å². The Morgan fingerprint density at radius 2 is 1.83 bits per heavy atom. The molecule has 0 bridgehead atoms. The van der Waals surface area contributed by atoms with E-state index < -0.39 is 28.9 Å². The summed E-state index contributed by atoms with van der Waals surface area (Å²) in [6, 6.07) is 1.05. The first-order valence-electron chi connectivity index (χ1n) is 7.95. The van der Waals surface area contributed by atoms with Crippen molar-refractivity contribution in [1.29, 1.82) is 0 Å². The molecule has 1 amide bonds. The smallest absolute Gasteiger partial charge is 0.257 e. The van der Waals surface area contributed by atoms with E-state index in [0.717, 1.165) is 32.0 Å². The standard InChI is InChI=1S/C17H23F3N2O/c1-11(2)15(10-22-6-4-5-7-22)21(3)17(23)13-8-12(18)9-14(19)16(13)20/h8-9,11,15H,4-7,10H2,1-3H3/t15-/m1/s1. The highest BCUT2D eigenvalue weighted by atomic mass is 19.2. The quantitative estimate of drug-likeness (QED) is 0.774. The molecule has 0 aromatic heterocycles. The Morgan fingerprint density at radius 3 is 2.39 bits per heavy atom. The molecular formula is C17H23F3N2O. The average molecular weight is 328 g/mol. The molecule has 0 radical (unpaired) electrons. The van der Waals surface area contributed by atoms with Gasteiger partial charge in [0.1, 0.15) is 5.82 Å². The van der Waals surface area contributed by atoms with Crippen LogP contribution in [0.2, 0.25) is 0 Å². The van der Waals surface area contributed by atoms with Crippen molar-refractivity contribution in [3.8, 4) is 0 Å². The lowest BCUT2D eigenvalue weighted by Crippen LogP contribution is -2.47. The van der Waals surface area contributed by atoms with Crippen LogP contribution in [-0.4, -0.2) is 48.4 Å². The molecule has 0 aliphatic carbocycles. The summed E-state index contributed by atoms with van der Waals surface area (Å²) >= 11 is 0. The molecule has 3 nitrogen and oxygen atoms in total. The minimum Gasteiger partial charge on any atom is -0.337 e. The molecule has 1 heterocycles. The number of likely N-dealkylation sites (N-methyl/N-ethyl adjacent to an activating group) is 1. The van der Waals surface area contributed by atoms with Crippen molar-refractivity contribution in [2.75, 3.05) is 26.7 Å². The van der Waals surface area contributed by atoms with Crippen molar-refractivity contribution in [3.63, 3.8) is 0 Å². The van der Waals surface area contributed by atoms with Gasteiger partial charge in [-0.15, -0.1) is 0 Å². The summed E-state index contributed by atoms with van der Waals surface area (Å²) in [5, 5.41) is 0. The molecule has 1 aliphatic rings. The van der Waals surface area contributed by atoms with Crippen LogP contribution in [0.25, 0.3) is 0 Å². The molecule has 128 valence electrons. The van der Waals surface area contributed by atoms with Crippen molar-refractivity contribution in [2.45, 2.75) is 32.7 Å². The van der Waals surface area contributed by atoms with Gasteiger partial charge in [0.25, 0.3) is 5.91 Å². The summed E-state index contributed by atoms with van der Waals surface area (Å²) in [7, 11) is 1.56. The normalized spacial score (nSPS) is 16.8. The number of halogens is 3. The number of rotatable bonds is 5. The maximum atomic E-state index is 13.9. The highest BCUT2D eigenvalue weighted by Crippen LogP contribution is 2.20. The molecular weight excluding hydrogens is 305 g/mol. The van der Waals surface area contributed by atoms with Gasteiger partial charge in [0.15, 0.2) is 11.6 Å². The van der Waals surface area contributed by atoms with Crippen molar-refractivity contribution in [2.24, 2.45) is 5.92 Å². The van der Waals surface area contributed by atoms with Gasteiger partial charge in [0.05, 0.1) is 5.56 Å². The van der Waals surface area contributed by atoms with Crippen molar-refractivity contribution >= 4 is 5.91 Å². The van der Waals surface area contributed by atoms with E-state index in [1.165, 1.54) is 4.90 Å². The minimum atomic E-state index is -1.35. The highest BCUT2D eigenvalue weighted by molar-refractivity contribution is 5.94. The van der Waals surface area contributed by atoms with Crippen LogP contribution in [0.1, 0.15) is 37.0 Å². The Bertz CT molecular complexity index is 571. The minimum absolute atomic E-state index is 0.144. The summed E-state index contributed by atoms with van der Waals surface area (Å²) in [5.74, 6) is -4.15. The molecule has 0 unspecified atom stereocenters. The van der Waals surface area contributed by atoms with Gasteiger partial charge in [-0.2, -0.15) is 0 Å². The van der Waals surface area contributed by atoms with Gasteiger partial charge in [-0.25, -0.2) is 13.2 Å². The molecule has 1 aliphatic heterocycles. The van der Waals surface area contributed by atoms with E-state index in [-0.39, 0.29) is 12.0 Å². The molecule has 1 aromatic carbocycles. The maximum Gasteiger partial charge on any atom is 0.257 e. The Hall–Kier alpha value is -1.56. The van der Waals surface area contributed by atoms with Gasteiger partial charge in [-0.3, -0.25) is 4.79 Å². The molecule has 1 saturated heterocycles. The van der Waals surface area contributed by atoms with E-state index >= 15 is 0 Å². The third-order valence-corrected chi connectivity index (χ3v) is 4.45. The Morgan fingerprint density at radius 1 is 1.22 bits per heavy atom. The van der Waals surface area contributed by atoms with E-state index in [1.807, 2.05) is 13.8 Å². The molecule has 1 aromatic rings. The molecule has 1 fully saturated rings. The lowest BCUT2D eigenvalue weighted by Gasteiger charge is -2.34. The topological polar surface area (TPSA) is 23.6 Å². The predicted molar refractivity (Wildman–Crippen MR) is 82.7 cm³/mol. The van der Waals surface area contributed by atoms with Gasteiger partial charge in [0, 0.05) is 25.7 Å². The summed E-state index contributed by atoms with van der Waals surface area (Å²) in [5.41, 5.74) is -0.558. The second-order valence-corrected chi connectivity index (χ2v) is 6.48. The van der Waals surface area contributed by atoms with E-state index in [0.29, 0.717) is 12.6 Å². The van der Waals surface area contributed by atoms with Gasteiger partial charge in [0.2, 0.25) is 0 Å². The Balaban J connectivity index is 2.21.